The van der Waals surface area contributed by atoms with Gasteiger partial charge < -0.3 is 20.4 Å². The number of guanidine groups is 1. The Morgan fingerprint density at radius 2 is 1.96 bits per heavy atom. The van der Waals surface area contributed by atoms with Gasteiger partial charge in [-0.25, -0.2) is 10.4 Å². The minimum Gasteiger partial charge on any atom is -0.394 e. The number of carbonyl (C=O) groups is 1. The normalized spacial score (nSPS) is 19.6. The molecule has 0 aliphatic carbocycles. The average molecular weight is 369 g/mol. The summed E-state index contributed by atoms with van der Waals surface area (Å²) in [5.41, 5.74) is 3.28. The van der Waals surface area contributed by atoms with Crippen molar-refractivity contribution in [3.63, 3.8) is 0 Å². The maximum Gasteiger partial charge on any atom is 0.276 e. The number of nitrogens with one attached hydrogen (secondary N) is 2. The molecule has 2 rings (SSSR count). The van der Waals surface area contributed by atoms with Gasteiger partial charge in [0.05, 0.1) is 12.8 Å². The van der Waals surface area contributed by atoms with Gasteiger partial charge in [0.25, 0.3) is 5.91 Å². The first-order chi connectivity index (χ1) is 11.9. The maximum atomic E-state index is 11.8. The summed E-state index contributed by atoms with van der Waals surface area (Å²) in [7, 11) is 0. The Morgan fingerprint density at radius 3 is 2.60 bits per heavy atom. The van der Waals surface area contributed by atoms with Crippen molar-refractivity contribution in [2.45, 2.75) is 18.3 Å². The number of amides is 1. The van der Waals surface area contributed by atoms with Crippen LogP contribution in [0.15, 0.2) is 40.1 Å². The van der Waals surface area contributed by atoms with Crippen molar-refractivity contribution in [3.8, 4) is 0 Å². The monoisotopic (exact) mass is 368 g/mol. The van der Waals surface area contributed by atoms with Crippen molar-refractivity contribution in [2.75, 3.05) is 6.61 Å². The van der Waals surface area contributed by atoms with Crippen LogP contribution in [-0.2, 0) is 4.79 Å². The Bertz CT molecular complexity index is 704. The zero-order valence-electron chi connectivity index (χ0n) is 12.9. The number of nitrogens with zero attached hydrogens (tertiary/aromatic N) is 2. The van der Waals surface area contributed by atoms with E-state index < -0.39 is 30.8 Å². The first-order valence-corrected chi connectivity index (χ1v) is 7.60. The second-order valence-corrected chi connectivity index (χ2v) is 5.55. The SMILES string of the molecule is O=C1NC(N/N=C/[C@H](O)[C@@H](O)[C@@H](O)CO)=N/C1=C\c1ccc(Cl)cc1. The fraction of sp³-hybridized carbons (Fsp3) is 0.267. The second kappa shape index (κ2) is 8.70. The van der Waals surface area contributed by atoms with Crippen LogP contribution in [0.5, 0.6) is 0 Å². The molecule has 1 heterocycles. The number of hydrazone groups is 1. The van der Waals surface area contributed by atoms with Crippen LogP contribution in [-0.4, -0.2) is 63.4 Å². The summed E-state index contributed by atoms with van der Waals surface area (Å²) in [5, 5.41) is 43.5. The van der Waals surface area contributed by atoms with E-state index in [4.69, 9.17) is 16.7 Å². The van der Waals surface area contributed by atoms with Crippen molar-refractivity contribution in [2.24, 2.45) is 10.1 Å². The third kappa shape index (κ3) is 5.34. The summed E-state index contributed by atoms with van der Waals surface area (Å²) in [6.45, 7) is -0.707. The first-order valence-electron chi connectivity index (χ1n) is 7.22. The lowest BCUT2D eigenvalue weighted by molar-refractivity contribution is -0.115. The molecular weight excluding hydrogens is 352 g/mol. The first kappa shape index (κ1) is 19.0. The van der Waals surface area contributed by atoms with Gasteiger partial charge >= 0.3 is 0 Å². The van der Waals surface area contributed by atoms with Gasteiger partial charge in [-0.3, -0.25) is 10.1 Å². The Morgan fingerprint density at radius 1 is 1.28 bits per heavy atom. The zero-order valence-corrected chi connectivity index (χ0v) is 13.6. The van der Waals surface area contributed by atoms with Crippen LogP contribution in [0.3, 0.4) is 0 Å². The van der Waals surface area contributed by atoms with Crippen LogP contribution >= 0.6 is 11.6 Å². The lowest BCUT2D eigenvalue weighted by Crippen LogP contribution is -2.41. The van der Waals surface area contributed by atoms with Gasteiger partial charge in [-0.1, -0.05) is 23.7 Å². The number of rotatable bonds is 6. The number of hydrogen-bond donors (Lipinski definition) is 6. The lowest BCUT2D eigenvalue weighted by Gasteiger charge is -2.17. The predicted octanol–water partition coefficient (Wildman–Crippen LogP) is -1.18. The van der Waals surface area contributed by atoms with E-state index in [0.717, 1.165) is 11.8 Å². The quantitative estimate of drug-likeness (QED) is 0.211. The smallest absolute Gasteiger partial charge is 0.276 e. The summed E-state index contributed by atoms with van der Waals surface area (Å²) in [6.07, 6.45) is -2.16. The average Bonchev–Trinajstić information content (AvgIpc) is 2.94. The molecule has 1 aliphatic heterocycles. The minimum atomic E-state index is -1.60. The Labute approximate surface area is 148 Å². The highest BCUT2D eigenvalue weighted by Gasteiger charge is 2.23. The summed E-state index contributed by atoms with van der Waals surface area (Å²) in [4.78, 5) is 15.8. The predicted molar refractivity (Wildman–Crippen MR) is 91.7 cm³/mol. The van der Waals surface area contributed by atoms with Crippen LogP contribution in [0.25, 0.3) is 6.08 Å². The molecule has 0 radical (unpaired) electrons. The van der Waals surface area contributed by atoms with Gasteiger partial charge in [0, 0.05) is 5.02 Å². The summed E-state index contributed by atoms with van der Waals surface area (Å²) >= 11 is 5.79. The van der Waals surface area contributed by atoms with Gasteiger partial charge in [-0.2, -0.15) is 5.10 Å². The summed E-state index contributed by atoms with van der Waals surface area (Å²) in [6, 6.07) is 6.82. The molecule has 25 heavy (non-hydrogen) atoms. The zero-order chi connectivity index (χ0) is 18.4. The van der Waals surface area contributed by atoms with Crippen LogP contribution in [0.1, 0.15) is 5.56 Å². The molecular formula is C15H17ClN4O5. The van der Waals surface area contributed by atoms with Crippen molar-refractivity contribution in [3.05, 3.63) is 40.5 Å². The van der Waals surface area contributed by atoms with Crippen LogP contribution in [0.2, 0.25) is 5.02 Å². The van der Waals surface area contributed by atoms with Gasteiger partial charge in [0.1, 0.15) is 24.0 Å². The van der Waals surface area contributed by atoms with Crippen LogP contribution < -0.4 is 10.7 Å². The molecule has 10 heteroatoms. The molecule has 1 aromatic carbocycles. The van der Waals surface area contributed by atoms with Crippen molar-refractivity contribution >= 4 is 35.8 Å². The third-order valence-electron chi connectivity index (χ3n) is 3.20. The van der Waals surface area contributed by atoms with Gasteiger partial charge in [0.2, 0.25) is 5.96 Å². The Hall–Kier alpha value is -2.30. The molecule has 1 aliphatic rings. The maximum absolute atomic E-state index is 11.8. The number of aliphatic imine (C=N–C) groups is 1. The fourth-order valence-corrected chi connectivity index (χ4v) is 1.96. The molecule has 6 N–H and O–H groups in total. The Balaban J connectivity index is 1.98. The third-order valence-corrected chi connectivity index (χ3v) is 3.45. The summed E-state index contributed by atoms with van der Waals surface area (Å²) < 4.78 is 0. The number of halogens is 1. The molecule has 3 atom stereocenters. The lowest BCUT2D eigenvalue weighted by atomic mass is 10.1. The van der Waals surface area contributed by atoms with E-state index >= 15 is 0 Å². The van der Waals surface area contributed by atoms with Crippen LogP contribution in [0, 0.1) is 0 Å². The van der Waals surface area contributed by atoms with E-state index in [-0.39, 0.29) is 11.7 Å². The topological polar surface area (TPSA) is 147 Å². The largest absolute Gasteiger partial charge is 0.394 e. The number of benzene rings is 1. The van der Waals surface area contributed by atoms with Crippen molar-refractivity contribution in [1.29, 1.82) is 0 Å². The molecule has 134 valence electrons. The molecule has 1 aromatic rings. The Kier molecular flexibility index (Phi) is 6.62. The van der Waals surface area contributed by atoms with Gasteiger partial charge in [0.15, 0.2) is 0 Å². The summed E-state index contributed by atoms with van der Waals surface area (Å²) in [5.74, 6) is -0.408. The molecule has 0 unspecified atom stereocenters. The molecule has 0 bridgehead atoms. The molecule has 0 fully saturated rings. The number of aliphatic hydroxyl groups is 4. The molecule has 0 saturated heterocycles. The minimum absolute atomic E-state index is 0.0332. The molecule has 0 spiro atoms. The fourth-order valence-electron chi connectivity index (χ4n) is 1.84. The van der Waals surface area contributed by atoms with Crippen molar-refractivity contribution < 1.29 is 25.2 Å². The molecule has 1 amide bonds. The van der Waals surface area contributed by atoms with Crippen molar-refractivity contribution in [1.82, 2.24) is 10.7 Å². The highest BCUT2D eigenvalue weighted by Crippen LogP contribution is 2.14. The van der Waals surface area contributed by atoms with E-state index in [9.17, 15) is 20.1 Å². The van der Waals surface area contributed by atoms with Gasteiger partial charge in [-0.15, -0.1) is 0 Å². The molecule has 9 nitrogen and oxygen atoms in total. The highest BCUT2D eigenvalue weighted by molar-refractivity contribution is 6.30. The molecule has 0 saturated carbocycles. The van der Waals surface area contributed by atoms with Crippen LogP contribution in [0.4, 0.5) is 0 Å². The number of aliphatic hydroxyl groups excluding tert-OH is 4. The van der Waals surface area contributed by atoms with E-state index in [1.54, 1.807) is 30.3 Å². The van der Waals surface area contributed by atoms with Gasteiger partial charge in [-0.05, 0) is 23.8 Å². The number of hydrogen-bond acceptors (Lipinski definition) is 8. The van der Waals surface area contributed by atoms with E-state index in [1.165, 1.54) is 0 Å². The van der Waals surface area contributed by atoms with E-state index in [2.05, 4.69) is 20.8 Å². The standard InChI is InChI=1S/C15H17ClN4O5/c16-9-3-1-8(2-4-9)5-10-14(25)19-15(18-10)20-17-6-11(22)13(24)12(23)7-21/h1-6,11-13,21-24H,7H2,(H2,18,19,20,25)/b10-5-,17-6+/t11-,12-,13+/m0/s1. The number of carbonyl (C=O) groups excluding carboxylic acids is 1. The van der Waals surface area contributed by atoms with E-state index in [1.807, 2.05) is 0 Å². The highest BCUT2D eigenvalue weighted by atomic mass is 35.5. The second-order valence-electron chi connectivity index (χ2n) is 5.12. The molecule has 0 aromatic heterocycles. The van der Waals surface area contributed by atoms with E-state index in [0.29, 0.717) is 5.02 Å².